The Morgan fingerprint density at radius 3 is 2.67 bits per heavy atom. The van der Waals surface area contributed by atoms with Crippen LogP contribution in [0.3, 0.4) is 0 Å². The van der Waals surface area contributed by atoms with E-state index in [2.05, 4.69) is 4.99 Å². The maximum Gasteiger partial charge on any atom is 0.124 e. The van der Waals surface area contributed by atoms with Crippen molar-refractivity contribution >= 4 is 11.9 Å². The standard InChI is InChI=1S/C15H15NO2/c1-11-6-7-14(13(8-11)10-17)16-9-12-4-2-3-5-15(12)18/h2-9,17-18H,10H2,1H3. The number of para-hydroxylation sites is 1. The predicted molar refractivity (Wildman–Crippen MR) is 72.5 cm³/mol. The second-order valence-electron chi connectivity index (χ2n) is 4.11. The molecule has 0 bridgehead atoms. The van der Waals surface area contributed by atoms with Crippen LogP contribution in [0.25, 0.3) is 0 Å². The third-order valence-corrected chi connectivity index (χ3v) is 2.68. The van der Waals surface area contributed by atoms with Crippen LogP contribution >= 0.6 is 0 Å². The van der Waals surface area contributed by atoms with Gasteiger partial charge in [-0.2, -0.15) is 0 Å². The molecule has 0 aromatic heterocycles. The molecule has 18 heavy (non-hydrogen) atoms. The SMILES string of the molecule is Cc1ccc(N=Cc2ccccc2O)c(CO)c1. The van der Waals surface area contributed by atoms with E-state index in [-0.39, 0.29) is 12.4 Å². The molecule has 2 rings (SSSR count). The summed E-state index contributed by atoms with van der Waals surface area (Å²) in [4.78, 5) is 4.30. The van der Waals surface area contributed by atoms with Crippen LogP contribution in [-0.4, -0.2) is 16.4 Å². The van der Waals surface area contributed by atoms with Crippen LogP contribution < -0.4 is 0 Å². The Hall–Kier alpha value is -2.13. The van der Waals surface area contributed by atoms with Crippen LogP contribution in [0.4, 0.5) is 5.69 Å². The smallest absolute Gasteiger partial charge is 0.124 e. The summed E-state index contributed by atoms with van der Waals surface area (Å²) in [6.45, 7) is 1.92. The van der Waals surface area contributed by atoms with E-state index in [1.807, 2.05) is 31.2 Å². The van der Waals surface area contributed by atoms with Gasteiger partial charge in [0, 0.05) is 17.3 Å². The Morgan fingerprint density at radius 2 is 1.94 bits per heavy atom. The summed E-state index contributed by atoms with van der Waals surface area (Å²) >= 11 is 0. The minimum Gasteiger partial charge on any atom is -0.507 e. The van der Waals surface area contributed by atoms with Gasteiger partial charge in [0.25, 0.3) is 0 Å². The van der Waals surface area contributed by atoms with E-state index < -0.39 is 0 Å². The van der Waals surface area contributed by atoms with Crippen LogP contribution in [-0.2, 0) is 6.61 Å². The Labute approximate surface area is 106 Å². The second-order valence-corrected chi connectivity index (χ2v) is 4.11. The monoisotopic (exact) mass is 241 g/mol. The highest BCUT2D eigenvalue weighted by Gasteiger charge is 2.00. The summed E-state index contributed by atoms with van der Waals surface area (Å²) < 4.78 is 0. The summed E-state index contributed by atoms with van der Waals surface area (Å²) in [6, 6.07) is 12.7. The number of aliphatic imine (C=N–C) groups is 1. The molecule has 0 heterocycles. The molecule has 2 aromatic rings. The first-order chi connectivity index (χ1) is 8.70. The van der Waals surface area contributed by atoms with Crippen molar-refractivity contribution in [2.75, 3.05) is 0 Å². The van der Waals surface area contributed by atoms with E-state index in [1.54, 1.807) is 24.4 Å². The van der Waals surface area contributed by atoms with Crippen LogP contribution in [0.2, 0.25) is 0 Å². The highest BCUT2D eigenvalue weighted by Crippen LogP contribution is 2.21. The first-order valence-corrected chi connectivity index (χ1v) is 5.73. The lowest BCUT2D eigenvalue weighted by atomic mass is 10.1. The van der Waals surface area contributed by atoms with Crippen molar-refractivity contribution in [3.8, 4) is 5.75 Å². The number of phenolic OH excluding ortho intramolecular Hbond substituents is 1. The molecule has 0 saturated carbocycles. The molecule has 0 saturated heterocycles. The Bertz CT molecular complexity index is 576. The third kappa shape index (κ3) is 2.76. The second kappa shape index (κ2) is 5.47. The number of hydrogen-bond donors (Lipinski definition) is 2. The number of hydrogen-bond acceptors (Lipinski definition) is 3. The maximum atomic E-state index is 9.62. The highest BCUT2D eigenvalue weighted by molar-refractivity contribution is 5.85. The van der Waals surface area contributed by atoms with Gasteiger partial charge in [0.05, 0.1) is 12.3 Å². The largest absolute Gasteiger partial charge is 0.507 e. The zero-order valence-corrected chi connectivity index (χ0v) is 10.2. The van der Waals surface area contributed by atoms with E-state index >= 15 is 0 Å². The predicted octanol–water partition coefficient (Wildman–Crippen LogP) is 2.94. The van der Waals surface area contributed by atoms with Gasteiger partial charge in [0.15, 0.2) is 0 Å². The average molecular weight is 241 g/mol. The van der Waals surface area contributed by atoms with Crippen molar-refractivity contribution < 1.29 is 10.2 Å². The third-order valence-electron chi connectivity index (χ3n) is 2.68. The molecule has 2 N–H and O–H groups in total. The fraction of sp³-hybridized carbons (Fsp3) is 0.133. The lowest BCUT2D eigenvalue weighted by Gasteiger charge is -2.04. The summed E-state index contributed by atoms with van der Waals surface area (Å²) in [5.74, 6) is 0.193. The molecule has 0 radical (unpaired) electrons. The molecular weight excluding hydrogens is 226 g/mol. The van der Waals surface area contributed by atoms with Crippen LogP contribution in [0, 0.1) is 6.92 Å². The van der Waals surface area contributed by atoms with Gasteiger partial charge in [-0.05, 0) is 25.1 Å². The minimum absolute atomic E-state index is 0.0465. The van der Waals surface area contributed by atoms with E-state index in [0.717, 1.165) is 11.1 Å². The van der Waals surface area contributed by atoms with Gasteiger partial charge in [-0.25, -0.2) is 0 Å². The fourth-order valence-electron chi connectivity index (χ4n) is 1.70. The minimum atomic E-state index is -0.0465. The van der Waals surface area contributed by atoms with Gasteiger partial charge in [-0.1, -0.05) is 29.8 Å². The molecule has 92 valence electrons. The van der Waals surface area contributed by atoms with Gasteiger partial charge in [0.2, 0.25) is 0 Å². The molecule has 0 aliphatic heterocycles. The molecule has 0 aliphatic carbocycles. The first kappa shape index (κ1) is 12.3. The lowest BCUT2D eigenvalue weighted by molar-refractivity contribution is 0.282. The molecule has 2 aromatic carbocycles. The van der Waals surface area contributed by atoms with Gasteiger partial charge >= 0.3 is 0 Å². The molecule has 0 amide bonds. The fourth-order valence-corrected chi connectivity index (χ4v) is 1.70. The Kier molecular flexibility index (Phi) is 3.75. The number of benzene rings is 2. The number of aromatic hydroxyl groups is 1. The molecule has 3 nitrogen and oxygen atoms in total. The molecule has 3 heteroatoms. The summed E-state index contributed by atoms with van der Waals surface area (Å²) in [6.07, 6.45) is 1.60. The molecule has 0 aliphatic rings. The van der Waals surface area contributed by atoms with Crippen LogP contribution in [0.15, 0.2) is 47.5 Å². The van der Waals surface area contributed by atoms with Crippen molar-refractivity contribution in [2.24, 2.45) is 4.99 Å². The highest BCUT2D eigenvalue weighted by atomic mass is 16.3. The van der Waals surface area contributed by atoms with E-state index in [1.165, 1.54) is 0 Å². The Morgan fingerprint density at radius 1 is 1.17 bits per heavy atom. The van der Waals surface area contributed by atoms with E-state index in [0.29, 0.717) is 11.3 Å². The number of phenols is 1. The normalized spacial score (nSPS) is 11.0. The van der Waals surface area contributed by atoms with Crippen LogP contribution in [0.5, 0.6) is 5.75 Å². The Balaban J connectivity index is 2.32. The van der Waals surface area contributed by atoms with Crippen molar-refractivity contribution in [2.45, 2.75) is 13.5 Å². The molecule has 0 fully saturated rings. The topological polar surface area (TPSA) is 52.8 Å². The van der Waals surface area contributed by atoms with Gasteiger partial charge < -0.3 is 10.2 Å². The van der Waals surface area contributed by atoms with Crippen LogP contribution in [0.1, 0.15) is 16.7 Å². The number of aliphatic hydroxyl groups excluding tert-OH is 1. The van der Waals surface area contributed by atoms with Gasteiger partial charge in [-0.15, -0.1) is 0 Å². The average Bonchev–Trinajstić information content (AvgIpc) is 2.39. The maximum absolute atomic E-state index is 9.62. The number of rotatable bonds is 3. The zero-order chi connectivity index (χ0) is 13.0. The molecule has 0 unspecified atom stereocenters. The first-order valence-electron chi connectivity index (χ1n) is 5.73. The summed E-state index contributed by atoms with van der Waals surface area (Å²) in [7, 11) is 0. The van der Waals surface area contributed by atoms with E-state index in [4.69, 9.17) is 0 Å². The van der Waals surface area contributed by atoms with Crippen molar-refractivity contribution in [3.05, 3.63) is 59.2 Å². The van der Waals surface area contributed by atoms with Gasteiger partial charge in [0.1, 0.15) is 5.75 Å². The van der Waals surface area contributed by atoms with Crippen molar-refractivity contribution in [1.29, 1.82) is 0 Å². The summed E-state index contributed by atoms with van der Waals surface area (Å²) in [5, 5.41) is 18.9. The molecule has 0 spiro atoms. The number of nitrogens with zero attached hydrogens (tertiary/aromatic N) is 1. The summed E-state index contributed by atoms with van der Waals surface area (Å²) in [5.41, 5.74) is 3.23. The molecular formula is C15H15NO2. The van der Waals surface area contributed by atoms with Crippen molar-refractivity contribution in [1.82, 2.24) is 0 Å². The van der Waals surface area contributed by atoms with E-state index in [9.17, 15) is 10.2 Å². The lowest BCUT2D eigenvalue weighted by Crippen LogP contribution is -1.87. The van der Waals surface area contributed by atoms with Gasteiger partial charge in [-0.3, -0.25) is 4.99 Å². The van der Waals surface area contributed by atoms with Crippen molar-refractivity contribution in [3.63, 3.8) is 0 Å². The quantitative estimate of drug-likeness (QED) is 0.812. The number of aliphatic hydroxyl groups is 1. The zero-order valence-electron chi connectivity index (χ0n) is 10.2. The molecule has 0 atom stereocenters. The number of aryl methyl sites for hydroxylation is 1.